The molecule has 1 aromatic carbocycles. The summed E-state index contributed by atoms with van der Waals surface area (Å²) >= 11 is 5.99. The third kappa shape index (κ3) is 5.88. The molecule has 0 aliphatic rings. The van der Waals surface area contributed by atoms with Crippen molar-refractivity contribution >= 4 is 17.5 Å². The maximum atomic E-state index is 13.0. The lowest BCUT2D eigenvalue weighted by atomic mass is 10.1. The minimum atomic E-state index is -0.351. The van der Waals surface area contributed by atoms with Gasteiger partial charge in [0.2, 0.25) is 5.91 Å². The van der Waals surface area contributed by atoms with Crippen LogP contribution in [0.15, 0.2) is 18.2 Å². The van der Waals surface area contributed by atoms with E-state index in [1.807, 2.05) is 27.7 Å². The molecule has 1 aromatic rings. The van der Waals surface area contributed by atoms with Crippen LogP contribution in [0.1, 0.15) is 45.7 Å². The van der Waals surface area contributed by atoms with Crippen LogP contribution in [0.2, 0.25) is 5.02 Å². The van der Waals surface area contributed by atoms with E-state index >= 15 is 0 Å². The number of hydrogen-bond donors (Lipinski definition) is 2. The van der Waals surface area contributed by atoms with Crippen molar-refractivity contribution < 1.29 is 9.18 Å². The molecule has 0 bridgehead atoms. The molecule has 0 radical (unpaired) electrons. The molecule has 1 atom stereocenters. The Hall–Kier alpha value is -1.13. The fourth-order valence-electron chi connectivity index (χ4n) is 1.85. The van der Waals surface area contributed by atoms with Crippen molar-refractivity contribution in [1.82, 2.24) is 10.6 Å². The Morgan fingerprint density at radius 2 is 2.05 bits per heavy atom. The Morgan fingerprint density at radius 1 is 1.40 bits per heavy atom. The monoisotopic (exact) mass is 300 g/mol. The third-order valence-corrected chi connectivity index (χ3v) is 3.07. The van der Waals surface area contributed by atoms with Gasteiger partial charge in [0.1, 0.15) is 5.82 Å². The lowest BCUT2D eigenvalue weighted by molar-refractivity contribution is -0.122. The van der Waals surface area contributed by atoms with Crippen LogP contribution in [-0.4, -0.2) is 18.0 Å². The second kappa shape index (κ2) is 7.04. The van der Waals surface area contributed by atoms with E-state index in [0.717, 1.165) is 5.56 Å². The predicted octanol–water partition coefficient (Wildman–Crippen LogP) is 3.43. The first-order valence-electron chi connectivity index (χ1n) is 6.68. The molecule has 0 aromatic heterocycles. The highest BCUT2D eigenvalue weighted by molar-refractivity contribution is 6.31. The number of carbonyl (C=O) groups excluding carboxylic acids is 1. The van der Waals surface area contributed by atoms with Gasteiger partial charge >= 0.3 is 0 Å². The summed E-state index contributed by atoms with van der Waals surface area (Å²) < 4.78 is 13.0. The zero-order valence-electron chi connectivity index (χ0n) is 12.4. The van der Waals surface area contributed by atoms with Crippen LogP contribution >= 0.6 is 11.6 Å². The number of halogens is 2. The molecule has 5 heteroatoms. The molecule has 1 amide bonds. The molecule has 20 heavy (non-hydrogen) atoms. The summed E-state index contributed by atoms with van der Waals surface area (Å²) in [5.41, 5.74) is 0.604. The normalized spacial score (nSPS) is 13.1. The van der Waals surface area contributed by atoms with Gasteiger partial charge in [-0.15, -0.1) is 0 Å². The minimum Gasteiger partial charge on any atom is -0.351 e. The second-order valence-corrected chi connectivity index (χ2v) is 6.30. The van der Waals surface area contributed by atoms with Crippen LogP contribution in [0.3, 0.4) is 0 Å². The Kier molecular flexibility index (Phi) is 5.96. The van der Waals surface area contributed by atoms with Crippen LogP contribution in [0, 0.1) is 5.82 Å². The number of amides is 1. The summed E-state index contributed by atoms with van der Waals surface area (Å²) in [6.45, 7) is 8.30. The summed E-state index contributed by atoms with van der Waals surface area (Å²) in [7, 11) is 0. The van der Waals surface area contributed by atoms with Gasteiger partial charge in [0, 0.05) is 29.6 Å². The summed E-state index contributed by atoms with van der Waals surface area (Å²) in [5, 5.41) is 6.50. The van der Waals surface area contributed by atoms with Crippen molar-refractivity contribution in [2.45, 2.75) is 45.7 Å². The van der Waals surface area contributed by atoms with E-state index in [9.17, 15) is 9.18 Å². The smallest absolute Gasteiger partial charge is 0.221 e. The van der Waals surface area contributed by atoms with Crippen LogP contribution in [0.5, 0.6) is 0 Å². The topological polar surface area (TPSA) is 41.1 Å². The Bertz CT molecular complexity index is 471. The average Bonchev–Trinajstić information content (AvgIpc) is 2.25. The maximum Gasteiger partial charge on any atom is 0.221 e. The molecule has 0 spiro atoms. The van der Waals surface area contributed by atoms with Crippen LogP contribution in [0.4, 0.5) is 4.39 Å². The van der Waals surface area contributed by atoms with Crippen molar-refractivity contribution in [3.63, 3.8) is 0 Å². The zero-order valence-corrected chi connectivity index (χ0v) is 13.1. The van der Waals surface area contributed by atoms with Crippen LogP contribution in [0.25, 0.3) is 0 Å². The molecule has 0 saturated heterocycles. The first-order valence-corrected chi connectivity index (χ1v) is 7.06. The summed E-state index contributed by atoms with van der Waals surface area (Å²) in [5.74, 6) is -0.349. The Labute approximate surface area is 124 Å². The van der Waals surface area contributed by atoms with Gasteiger partial charge in [-0.2, -0.15) is 0 Å². The molecule has 0 fully saturated rings. The van der Waals surface area contributed by atoms with Gasteiger partial charge in [0.25, 0.3) is 0 Å². The highest BCUT2D eigenvalue weighted by Gasteiger charge is 2.14. The van der Waals surface area contributed by atoms with E-state index in [1.165, 1.54) is 12.1 Å². The molecule has 1 rings (SSSR count). The van der Waals surface area contributed by atoms with Crippen LogP contribution < -0.4 is 10.6 Å². The average molecular weight is 301 g/mol. The number of carbonyl (C=O) groups is 1. The highest BCUT2D eigenvalue weighted by atomic mass is 35.5. The number of rotatable bonds is 5. The Morgan fingerprint density at radius 3 is 2.60 bits per heavy atom. The molecule has 0 saturated carbocycles. The van der Waals surface area contributed by atoms with Crippen molar-refractivity contribution in [3.05, 3.63) is 34.6 Å². The highest BCUT2D eigenvalue weighted by Crippen LogP contribution is 2.23. The van der Waals surface area contributed by atoms with Gasteiger partial charge < -0.3 is 10.6 Å². The number of hydrogen-bond acceptors (Lipinski definition) is 2. The van der Waals surface area contributed by atoms with E-state index in [-0.39, 0.29) is 23.3 Å². The van der Waals surface area contributed by atoms with Gasteiger partial charge in [-0.25, -0.2) is 4.39 Å². The molecule has 1 unspecified atom stereocenters. The van der Waals surface area contributed by atoms with E-state index in [2.05, 4.69) is 10.6 Å². The molecular weight excluding hydrogens is 279 g/mol. The van der Waals surface area contributed by atoms with Crippen LogP contribution in [-0.2, 0) is 4.79 Å². The first-order chi connectivity index (χ1) is 9.19. The van der Waals surface area contributed by atoms with E-state index in [1.54, 1.807) is 6.07 Å². The zero-order chi connectivity index (χ0) is 15.3. The second-order valence-electron chi connectivity index (χ2n) is 5.89. The largest absolute Gasteiger partial charge is 0.351 e. The lowest BCUT2D eigenvalue weighted by Crippen LogP contribution is -2.41. The first kappa shape index (κ1) is 16.9. The molecule has 0 aliphatic carbocycles. The van der Waals surface area contributed by atoms with E-state index < -0.39 is 0 Å². The number of nitrogens with one attached hydrogen (secondary N) is 2. The summed E-state index contributed by atoms with van der Waals surface area (Å²) in [6, 6.07) is 4.29. The Balaban J connectivity index is 2.44. The fraction of sp³-hybridized carbons (Fsp3) is 0.533. The minimum absolute atomic E-state index is 0.00223. The third-order valence-electron chi connectivity index (χ3n) is 2.75. The summed E-state index contributed by atoms with van der Waals surface area (Å²) in [6.07, 6.45) is 0.389. The molecule has 0 heterocycles. The van der Waals surface area contributed by atoms with Gasteiger partial charge in [-0.1, -0.05) is 17.7 Å². The lowest BCUT2D eigenvalue weighted by Gasteiger charge is -2.21. The van der Waals surface area contributed by atoms with Crippen molar-refractivity contribution in [2.24, 2.45) is 0 Å². The van der Waals surface area contributed by atoms with E-state index in [0.29, 0.717) is 18.0 Å². The van der Waals surface area contributed by atoms with Crippen molar-refractivity contribution in [1.29, 1.82) is 0 Å². The summed E-state index contributed by atoms with van der Waals surface area (Å²) in [4.78, 5) is 11.7. The number of benzene rings is 1. The molecule has 0 aliphatic heterocycles. The van der Waals surface area contributed by atoms with Gasteiger partial charge in [0.15, 0.2) is 0 Å². The molecule has 112 valence electrons. The SMILES string of the molecule is CC(NCCC(=O)NC(C)(C)C)c1ccc(F)cc1Cl. The maximum absolute atomic E-state index is 13.0. The fourth-order valence-corrected chi connectivity index (χ4v) is 2.18. The van der Waals surface area contributed by atoms with Gasteiger partial charge in [0.05, 0.1) is 0 Å². The van der Waals surface area contributed by atoms with Crippen molar-refractivity contribution in [3.8, 4) is 0 Å². The molecule has 2 N–H and O–H groups in total. The van der Waals surface area contributed by atoms with Crippen molar-refractivity contribution in [2.75, 3.05) is 6.54 Å². The molecular formula is C15H22ClFN2O. The predicted molar refractivity (Wildman–Crippen MR) is 80.3 cm³/mol. The quantitative estimate of drug-likeness (QED) is 0.874. The van der Waals surface area contributed by atoms with Gasteiger partial charge in [-0.3, -0.25) is 4.79 Å². The van der Waals surface area contributed by atoms with Gasteiger partial charge in [-0.05, 0) is 45.4 Å². The molecule has 3 nitrogen and oxygen atoms in total. The standard InChI is InChI=1S/C15H22ClFN2O/c1-10(12-6-5-11(17)9-13(12)16)18-8-7-14(20)19-15(2,3)4/h5-6,9-10,18H,7-8H2,1-4H3,(H,19,20). The van der Waals surface area contributed by atoms with E-state index in [4.69, 9.17) is 11.6 Å².